The van der Waals surface area contributed by atoms with Gasteiger partial charge in [-0.2, -0.15) is 31.7 Å². The Balaban J connectivity index is 1.47. The summed E-state index contributed by atoms with van der Waals surface area (Å²) < 4.78 is 81.6. The molecule has 2 atom stereocenters. The zero-order valence-corrected chi connectivity index (χ0v) is 33.2. The molecule has 2 heterocycles. The van der Waals surface area contributed by atoms with Gasteiger partial charge in [-0.1, -0.05) is 96.8 Å². The van der Waals surface area contributed by atoms with Crippen LogP contribution in [0.1, 0.15) is 75.7 Å². The number of carbonyl (C=O) groups excluding carboxylic acids is 3. The van der Waals surface area contributed by atoms with Crippen LogP contribution >= 0.6 is 27.5 Å². The maximum absolute atomic E-state index is 15.3. The van der Waals surface area contributed by atoms with E-state index in [0.29, 0.717) is 20.3 Å². The molecule has 1 aromatic heterocycles. The van der Waals surface area contributed by atoms with Crippen molar-refractivity contribution < 1.29 is 45.8 Å². The van der Waals surface area contributed by atoms with E-state index in [1.54, 1.807) is 54.6 Å². The van der Waals surface area contributed by atoms with Gasteiger partial charge in [0, 0.05) is 10.0 Å². The Bertz CT molecular complexity index is 2160. The quantitative estimate of drug-likeness (QED) is 0.111. The third-order valence-electron chi connectivity index (χ3n) is 9.66. The predicted molar refractivity (Wildman–Crippen MR) is 202 cm³/mol. The van der Waals surface area contributed by atoms with Gasteiger partial charge in [-0.05, 0) is 65.6 Å². The molecule has 57 heavy (non-hydrogen) atoms. The molecule has 1 aliphatic heterocycles. The summed E-state index contributed by atoms with van der Waals surface area (Å²) in [6.07, 6.45) is -6.13. The molecular formula is C39H37BrClF5N6O5. The third-order valence-corrected chi connectivity index (χ3v) is 10.5. The molecule has 1 aliphatic carbocycles. The first-order chi connectivity index (χ1) is 26.8. The summed E-state index contributed by atoms with van der Waals surface area (Å²) in [4.78, 5) is 51.9. The van der Waals surface area contributed by atoms with Gasteiger partial charge in [-0.3, -0.25) is 19.8 Å². The average molecular weight is 880 g/mol. The topological polar surface area (TPSA) is 128 Å². The molecule has 6 rings (SSSR count). The Morgan fingerprint density at radius 1 is 1.00 bits per heavy atom. The lowest BCUT2D eigenvalue weighted by molar-refractivity contribution is -0.195. The lowest BCUT2D eigenvalue weighted by atomic mass is 9.75. The molecule has 0 radical (unpaired) electrons. The van der Waals surface area contributed by atoms with Crippen molar-refractivity contribution in [2.75, 3.05) is 6.61 Å². The molecule has 4 aromatic rings. The number of alkyl halides is 5. The summed E-state index contributed by atoms with van der Waals surface area (Å²) in [6.45, 7) is 1.65. The number of guanidine groups is 1. The lowest BCUT2D eigenvalue weighted by Gasteiger charge is -2.35. The second kappa shape index (κ2) is 16.2. The van der Waals surface area contributed by atoms with E-state index in [0.717, 1.165) is 11.2 Å². The first kappa shape index (κ1) is 41.7. The van der Waals surface area contributed by atoms with Gasteiger partial charge in [0.15, 0.2) is 11.4 Å². The fraction of sp³-hybridized carbons (Fsp3) is 0.385. The van der Waals surface area contributed by atoms with Crippen molar-refractivity contribution in [2.24, 2.45) is 15.8 Å². The number of benzene rings is 3. The van der Waals surface area contributed by atoms with Crippen LogP contribution in [0.2, 0.25) is 5.02 Å². The molecule has 1 saturated carbocycles. The van der Waals surface area contributed by atoms with Crippen molar-refractivity contribution in [3.8, 4) is 11.4 Å². The van der Waals surface area contributed by atoms with E-state index in [1.165, 1.54) is 18.2 Å². The van der Waals surface area contributed by atoms with E-state index in [4.69, 9.17) is 26.1 Å². The van der Waals surface area contributed by atoms with Crippen LogP contribution in [0.15, 0.2) is 88.6 Å². The first-order valence-electron chi connectivity index (χ1n) is 17.7. The van der Waals surface area contributed by atoms with Crippen LogP contribution in [0, 0.1) is 10.8 Å². The number of hydrogen-bond donors (Lipinski definition) is 1. The van der Waals surface area contributed by atoms with Crippen LogP contribution in [-0.2, 0) is 31.2 Å². The van der Waals surface area contributed by atoms with E-state index in [1.807, 2.05) is 20.8 Å². The molecule has 11 nitrogen and oxygen atoms in total. The molecule has 0 unspecified atom stereocenters. The average Bonchev–Trinajstić information content (AvgIpc) is 3.68. The number of halogens is 7. The van der Waals surface area contributed by atoms with E-state index in [9.17, 15) is 31.5 Å². The highest BCUT2D eigenvalue weighted by molar-refractivity contribution is 9.10. The zero-order valence-electron chi connectivity index (χ0n) is 30.8. The normalized spacial score (nSPS) is 18.3. The second-order valence-corrected chi connectivity index (χ2v) is 16.4. The zero-order chi connectivity index (χ0) is 41.3. The molecule has 18 heteroatoms. The first-order valence-corrected chi connectivity index (χ1v) is 18.9. The number of esters is 1. The van der Waals surface area contributed by atoms with E-state index in [2.05, 4.69) is 31.3 Å². The summed E-state index contributed by atoms with van der Waals surface area (Å²) in [6, 6.07) is 18.2. The number of hydrogen-bond acceptors (Lipinski definition) is 8. The standard InChI is InChI=1S/C39H37BrClF5N6O5/c1-36(2,3)21-38(25-10-12-26(40)13-11-25)32(54)51(34(50-38)49-35(55)57-19-23-7-5-4-6-8-23)29(20-56-30(53)18-37(15-16-37)39(44,45)46)24-9-14-28(41)27(17-24)31-47-22-48-52(31)33(42)43/h4-14,17,22,29,33H,15-16,18-21H2,1-3H3,(H,49,50,55)/t29-,38-/m1/s1. The van der Waals surface area contributed by atoms with Crippen molar-refractivity contribution in [3.63, 3.8) is 0 Å². The van der Waals surface area contributed by atoms with Crippen molar-refractivity contribution >= 4 is 51.5 Å². The summed E-state index contributed by atoms with van der Waals surface area (Å²) in [5.41, 5.74) is -3.35. The number of nitrogens with one attached hydrogen (secondary N) is 1. The molecule has 1 N–H and O–H groups in total. The van der Waals surface area contributed by atoms with Crippen molar-refractivity contribution in [3.05, 3.63) is 105 Å². The molecule has 302 valence electrons. The smallest absolute Gasteiger partial charge is 0.414 e. The number of nitrogens with zero attached hydrogens (tertiary/aromatic N) is 5. The molecule has 0 bridgehead atoms. The third kappa shape index (κ3) is 9.14. The molecule has 2 amide bonds. The van der Waals surface area contributed by atoms with Crippen molar-refractivity contribution in [1.29, 1.82) is 0 Å². The second-order valence-electron chi connectivity index (χ2n) is 15.1. The molecule has 0 spiro atoms. The van der Waals surface area contributed by atoms with Crippen LogP contribution in [-0.4, -0.2) is 56.4 Å². The SMILES string of the molecule is CC(C)(C)C[C@]1(c2ccc(Br)cc2)N=C(NC(=O)OCc2ccccc2)N([C@H](COC(=O)CC2(C(F)(F)F)CC2)c2ccc(Cl)c(-c3ncnn3C(F)F)c2)C1=O. The number of rotatable bonds is 12. The Morgan fingerprint density at radius 2 is 1.68 bits per heavy atom. The van der Waals surface area contributed by atoms with Gasteiger partial charge in [0.05, 0.1) is 22.9 Å². The van der Waals surface area contributed by atoms with E-state index >= 15 is 4.79 Å². The number of aliphatic imine (C=N–C) groups is 1. The molecule has 2 aliphatic rings. The van der Waals surface area contributed by atoms with Crippen LogP contribution in [0.25, 0.3) is 11.4 Å². The Kier molecular flexibility index (Phi) is 11.8. The van der Waals surface area contributed by atoms with E-state index in [-0.39, 0.29) is 53.8 Å². The van der Waals surface area contributed by atoms with Crippen molar-refractivity contribution in [2.45, 2.75) is 77.4 Å². The number of carbonyl (C=O) groups is 3. The number of ether oxygens (including phenoxy) is 2. The van der Waals surface area contributed by atoms with Crippen LogP contribution in [0.3, 0.4) is 0 Å². The monoisotopic (exact) mass is 878 g/mol. The van der Waals surface area contributed by atoms with Gasteiger partial charge in [-0.25, -0.2) is 14.8 Å². The highest BCUT2D eigenvalue weighted by Crippen LogP contribution is 2.60. The number of alkyl carbamates (subject to hydrolysis) is 1. The molecular weight excluding hydrogens is 843 g/mol. The van der Waals surface area contributed by atoms with Crippen LogP contribution in [0.5, 0.6) is 0 Å². The maximum atomic E-state index is 15.3. The van der Waals surface area contributed by atoms with Gasteiger partial charge in [-0.15, -0.1) is 0 Å². The highest BCUT2D eigenvalue weighted by atomic mass is 79.9. The summed E-state index contributed by atoms with van der Waals surface area (Å²) in [7, 11) is 0. The summed E-state index contributed by atoms with van der Waals surface area (Å²) in [5, 5.41) is 6.12. The minimum absolute atomic E-state index is 0.0357. The summed E-state index contributed by atoms with van der Waals surface area (Å²) >= 11 is 9.92. The minimum atomic E-state index is -4.65. The van der Waals surface area contributed by atoms with Gasteiger partial charge in [0.25, 0.3) is 5.91 Å². The lowest BCUT2D eigenvalue weighted by Crippen LogP contribution is -2.49. The maximum Gasteiger partial charge on any atom is 0.414 e. The number of aromatic nitrogens is 3. The van der Waals surface area contributed by atoms with Gasteiger partial charge < -0.3 is 9.47 Å². The number of amides is 2. The molecule has 1 fully saturated rings. The Morgan fingerprint density at radius 3 is 2.30 bits per heavy atom. The summed E-state index contributed by atoms with van der Waals surface area (Å²) in [5.74, 6) is -2.54. The fourth-order valence-electron chi connectivity index (χ4n) is 6.74. The van der Waals surface area contributed by atoms with Gasteiger partial charge in [0.2, 0.25) is 5.96 Å². The predicted octanol–water partition coefficient (Wildman–Crippen LogP) is 9.53. The minimum Gasteiger partial charge on any atom is -0.463 e. The van der Waals surface area contributed by atoms with E-state index < -0.39 is 66.1 Å². The van der Waals surface area contributed by atoms with Gasteiger partial charge >= 0.3 is 24.8 Å². The molecule has 3 aromatic carbocycles. The Hall–Kier alpha value is -4.90. The highest BCUT2D eigenvalue weighted by Gasteiger charge is 2.64. The Labute approximate surface area is 337 Å². The fourth-order valence-corrected chi connectivity index (χ4v) is 7.21. The largest absolute Gasteiger partial charge is 0.463 e. The molecule has 0 saturated heterocycles. The van der Waals surface area contributed by atoms with Crippen LogP contribution < -0.4 is 5.32 Å². The van der Waals surface area contributed by atoms with Gasteiger partial charge in [0.1, 0.15) is 19.5 Å². The van der Waals surface area contributed by atoms with Crippen molar-refractivity contribution in [1.82, 2.24) is 25.0 Å². The van der Waals surface area contributed by atoms with Crippen LogP contribution in [0.4, 0.5) is 26.7 Å².